The molecule has 0 fully saturated rings. The highest BCUT2D eigenvalue weighted by atomic mass is 32.2. The van der Waals surface area contributed by atoms with Crippen LogP contribution in [0.5, 0.6) is 23.0 Å². The summed E-state index contributed by atoms with van der Waals surface area (Å²) in [7, 11) is -0.791. The molecule has 0 aliphatic carbocycles. The Kier molecular flexibility index (Phi) is 14.2. The quantitative estimate of drug-likeness (QED) is 0.0469. The molecule has 3 amide bonds. The fraction of sp³-hybridized carbons (Fsp3) is 0.286. The van der Waals surface area contributed by atoms with Crippen molar-refractivity contribution in [1.29, 1.82) is 0 Å². The van der Waals surface area contributed by atoms with E-state index in [2.05, 4.69) is 31.0 Å². The summed E-state index contributed by atoms with van der Waals surface area (Å²) in [4.78, 5) is 41.3. The van der Waals surface area contributed by atoms with Gasteiger partial charge in [0.1, 0.15) is 23.1 Å². The van der Waals surface area contributed by atoms with E-state index in [0.29, 0.717) is 70.3 Å². The third kappa shape index (κ3) is 12.2. The zero-order chi connectivity index (χ0) is 42.7. The lowest BCUT2D eigenvalue weighted by molar-refractivity contribution is -0.138. The molecule has 0 unspecified atom stereocenters. The molecule has 0 saturated carbocycles. The second-order valence-corrected chi connectivity index (χ2v) is 16.1. The van der Waals surface area contributed by atoms with Crippen LogP contribution in [0.1, 0.15) is 49.5 Å². The van der Waals surface area contributed by atoms with E-state index in [4.69, 9.17) is 24.1 Å². The average molecular weight is 829 g/mol. The highest BCUT2D eigenvalue weighted by molar-refractivity contribution is 7.92. The van der Waals surface area contributed by atoms with Gasteiger partial charge in [0.15, 0.2) is 5.75 Å². The molecule has 0 bridgehead atoms. The van der Waals surface area contributed by atoms with Crippen molar-refractivity contribution >= 4 is 67.3 Å². The van der Waals surface area contributed by atoms with Gasteiger partial charge in [-0.3, -0.25) is 14.3 Å². The lowest BCUT2D eigenvalue weighted by Crippen LogP contribution is -2.25. The van der Waals surface area contributed by atoms with Crippen molar-refractivity contribution in [2.45, 2.75) is 39.0 Å². The number of carbonyl (C=O) groups is 3. The van der Waals surface area contributed by atoms with E-state index in [1.54, 1.807) is 60.8 Å². The van der Waals surface area contributed by atoms with Crippen LogP contribution in [0.25, 0.3) is 10.8 Å². The van der Waals surface area contributed by atoms with Crippen LogP contribution in [0, 0.1) is 0 Å². The lowest BCUT2D eigenvalue weighted by atomic mass is 9.86. The molecule has 0 aliphatic heterocycles. The van der Waals surface area contributed by atoms with E-state index < -0.39 is 22.0 Å². The number of carbonyl (C=O) groups excluding carboxylic acids is 2. The Morgan fingerprint density at radius 1 is 0.814 bits per heavy atom. The van der Waals surface area contributed by atoms with Gasteiger partial charge in [-0.2, -0.15) is 0 Å². The fourth-order valence-corrected chi connectivity index (χ4v) is 6.45. The maximum absolute atomic E-state index is 13.5. The standard InChI is InChI=1S/C42H48N6O10S/c1-42(2,3)26-22-33(39(56-5)34(23-26)48-59(6,53)54)47-41(52)46-32-14-15-35(30-11-8-7-10-29(30)32)58-28-16-19-43-37(25-28)45-27-12-13-31(36(24-27)55-4)40(51)44-18-9-20-57-21-17-38(49)50/h7-8,10-16,19,22-25,48H,9,17-18,20-21H2,1-6H3,(H,43,45)(H,44,51)(H,49,50)(H2,46,47,52). The van der Waals surface area contributed by atoms with Gasteiger partial charge in [0, 0.05) is 47.9 Å². The first-order valence-corrected chi connectivity index (χ1v) is 20.4. The predicted molar refractivity (Wildman–Crippen MR) is 227 cm³/mol. The number of ether oxygens (including phenoxy) is 4. The number of benzene rings is 4. The summed E-state index contributed by atoms with van der Waals surface area (Å²) < 4.78 is 49.5. The SMILES string of the molecule is COc1cc(Nc2cc(Oc3ccc(NC(=O)Nc4cc(C(C)(C)C)cc(NS(C)(=O)=O)c4OC)c4ccccc34)ccn2)ccc1C(=O)NCCCOCCC(=O)O. The summed E-state index contributed by atoms with van der Waals surface area (Å²) in [5.74, 6) is 0.703. The maximum Gasteiger partial charge on any atom is 0.323 e. The molecule has 5 aromatic rings. The fourth-order valence-electron chi connectivity index (χ4n) is 5.90. The zero-order valence-corrected chi connectivity index (χ0v) is 34.4. The number of carboxylic acids is 1. The van der Waals surface area contributed by atoms with Crippen molar-refractivity contribution in [3.63, 3.8) is 0 Å². The van der Waals surface area contributed by atoms with Crippen LogP contribution >= 0.6 is 0 Å². The minimum Gasteiger partial charge on any atom is -0.496 e. The lowest BCUT2D eigenvalue weighted by Gasteiger charge is -2.24. The van der Waals surface area contributed by atoms with Gasteiger partial charge in [-0.1, -0.05) is 45.0 Å². The van der Waals surface area contributed by atoms with Crippen LogP contribution in [0.4, 0.5) is 33.4 Å². The minimum atomic E-state index is -3.65. The van der Waals surface area contributed by atoms with Gasteiger partial charge in [-0.05, 0) is 59.9 Å². The smallest absolute Gasteiger partial charge is 0.323 e. The van der Waals surface area contributed by atoms with Gasteiger partial charge in [-0.15, -0.1) is 0 Å². The van der Waals surface area contributed by atoms with E-state index in [-0.39, 0.29) is 41.5 Å². The highest BCUT2D eigenvalue weighted by Gasteiger charge is 2.23. The molecule has 6 N–H and O–H groups in total. The second-order valence-electron chi connectivity index (χ2n) is 14.3. The summed E-state index contributed by atoms with van der Waals surface area (Å²) in [5.41, 5.74) is 2.31. The number of aliphatic carboxylic acids is 1. The van der Waals surface area contributed by atoms with Gasteiger partial charge < -0.3 is 45.3 Å². The molecule has 0 radical (unpaired) electrons. The zero-order valence-electron chi connectivity index (χ0n) is 33.6. The summed E-state index contributed by atoms with van der Waals surface area (Å²) in [6.07, 6.45) is 3.07. The third-order valence-corrected chi connectivity index (χ3v) is 9.31. The normalized spacial score (nSPS) is 11.4. The van der Waals surface area contributed by atoms with E-state index in [9.17, 15) is 22.8 Å². The Hall–Kier alpha value is -6.59. The average Bonchev–Trinajstić information content (AvgIpc) is 3.17. The number of carboxylic acid groups (broad SMARTS) is 1. The molecular weight excluding hydrogens is 781 g/mol. The molecule has 0 atom stereocenters. The number of amides is 3. The van der Waals surface area contributed by atoms with Crippen LogP contribution in [-0.2, 0) is 25.0 Å². The van der Waals surface area contributed by atoms with Crippen LogP contribution in [0.2, 0.25) is 0 Å². The molecule has 59 heavy (non-hydrogen) atoms. The summed E-state index contributed by atoms with van der Waals surface area (Å²) in [5, 5.41) is 21.9. The largest absolute Gasteiger partial charge is 0.496 e. The molecule has 0 saturated heterocycles. The predicted octanol–water partition coefficient (Wildman–Crippen LogP) is 7.71. The Labute approximate surface area is 342 Å². The number of sulfonamides is 1. The van der Waals surface area contributed by atoms with Crippen LogP contribution in [0.3, 0.4) is 0 Å². The van der Waals surface area contributed by atoms with Gasteiger partial charge in [0.25, 0.3) is 5.91 Å². The molecule has 4 aromatic carbocycles. The molecule has 1 heterocycles. The number of methoxy groups -OCH3 is 2. The summed E-state index contributed by atoms with van der Waals surface area (Å²) in [6.45, 7) is 6.70. The molecule has 17 heteroatoms. The number of pyridine rings is 1. The number of fused-ring (bicyclic) bond motifs is 1. The molecule has 16 nitrogen and oxygen atoms in total. The highest BCUT2D eigenvalue weighted by Crippen LogP contribution is 2.40. The van der Waals surface area contributed by atoms with Crippen LogP contribution < -0.4 is 40.2 Å². The number of urea groups is 1. The second kappa shape index (κ2) is 19.2. The molecule has 0 spiro atoms. The van der Waals surface area contributed by atoms with Crippen molar-refractivity contribution < 1.29 is 46.9 Å². The van der Waals surface area contributed by atoms with Gasteiger partial charge >= 0.3 is 12.0 Å². The van der Waals surface area contributed by atoms with Crippen molar-refractivity contribution in [1.82, 2.24) is 10.3 Å². The number of hydrogen-bond donors (Lipinski definition) is 6. The van der Waals surface area contributed by atoms with Gasteiger partial charge in [-0.25, -0.2) is 18.2 Å². The topological polar surface area (TPSA) is 216 Å². The number of hydrogen-bond acceptors (Lipinski definition) is 11. The van der Waals surface area contributed by atoms with E-state index >= 15 is 0 Å². The molecular formula is C42H48N6O10S. The molecule has 1 aromatic heterocycles. The monoisotopic (exact) mass is 828 g/mol. The molecule has 0 aliphatic rings. The first kappa shape index (κ1) is 43.5. The molecule has 5 rings (SSSR count). The van der Waals surface area contributed by atoms with Gasteiger partial charge in [0.2, 0.25) is 10.0 Å². The first-order chi connectivity index (χ1) is 28.0. The summed E-state index contributed by atoms with van der Waals surface area (Å²) in [6, 6.07) is 22.2. The third-order valence-electron chi connectivity index (χ3n) is 8.72. The van der Waals surface area contributed by atoms with Crippen LogP contribution in [0.15, 0.2) is 85.1 Å². The van der Waals surface area contributed by atoms with E-state index in [1.165, 1.54) is 14.2 Å². The maximum atomic E-state index is 13.5. The number of aromatic nitrogens is 1. The van der Waals surface area contributed by atoms with Crippen LogP contribution in [-0.4, -0.2) is 76.6 Å². The first-order valence-electron chi connectivity index (χ1n) is 18.5. The van der Waals surface area contributed by atoms with Crippen molar-refractivity contribution in [3.05, 3.63) is 96.2 Å². The Morgan fingerprint density at radius 3 is 2.24 bits per heavy atom. The minimum absolute atomic E-state index is 0.0741. The Morgan fingerprint density at radius 2 is 1.54 bits per heavy atom. The van der Waals surface area contributed by atoms with Crippen molar-refractivity contribution in [3.8, 4) is 23.0 Å². The number of rotatable bonds is 18. The number of nitrogens with zero attached hydrogens (tertiary/aromatic N) is 1. The summed E-state index contributed by atoms with van der Waals surface area (Å²) >= 11 is 0. The van der Waals surface area contributed by atoms with Gasteiger partial charge in [0.05, 0.1) is 56.1 Å². The molecule has 312 valence electrons. The van der Waals surface area contributed by atoms with E-state index in [0.717, 1.165) is 11.8 Å². The van der Waals surface area contributed by atoms with Crippen molar-refractivity contribution in [2.24, 2.45) is 0 Å². The number of nitrogens with one attached hydrogen (secondary N) is 5. The Bertz CT molecular complexity index is 2440. The Balaban J connectivity index is 1.28. The number of anilines is 5. The van der Waals surface area contributed by atoms with Crippen molar-refractivity contribution in [2.75, 3.05) is 60.9 Å². The van der Waals surface area contributed by atoms with E-state index in [1.807, 2.05) is 45.0 Å².